The Kier molecular flexibility index (Phi) is 6.42. The van der Waals surface area contributed by atoms with Crippen molar-refractivity contribution in [3.05, 3.63) is 65.1 Å². The van der Waals surface area contributed by atoms with Crippen LogP contribution in [0.5, 0.6) is 0 Å². The number of aryl methyl sites for hydroxylation is 1. The van der Waals surface area contributed by atoms with E-state index in [9.17, 15) is 13.2 Å². The first-order valence-electron chi connectivity index (χ1n) is 6.22. The Hall–Kier alpha value is -0.866. The maximum Gasteiger partial charge on any atom is 0.256 e. The molecule has 1 radical (unpaired) electrons. The molecule has 1 nitrogen and oxygen atoms in total. The van der Waals surface area contributed by atoms with Crippen LogP contribution in [0, 0.1) is 18.8 Å². The Morgan fingerprint density at radius 2 is 1.95 bits per heavy atom. The van der Waals surface area contributed by atoms with Gasteiger partial charge in [0.25, 0.3) is 6.43 Å². The topological polar surface area (TPSA) is 3.24 Å². The van der Waals surface area contributed by atoms with E-state index in [0.717, 1.165) is 11.1 Å². The van der Waals surface area contributed by atoms with Crippen molar-refractivity contribution in [2.24, 2.45) is 0 Å². The smallest absolute Gasteiger partial charge is 0.256 e. The zero-order chi connectivity index (χ0) is 14.9. The molecule has 0 aromatic heterocycles. The summed E-state index contributed by atoms with van der Waals surface area (Å²) in [7, 11) is 0. The molecule has 0 amide bonds. The van der Waals surface area contributed by atoms with Gasteiger partial charge in [-0.25, -0.2) is 13.2 Å². The van der Waals surface area contributed by atoms with E-state index in [1.165, 1.54) is 11.0 Å². The number of benzene rings is 1. The Labute approximate surface area is 148 Å². The van der Waals surface area contributed by atoms with E-state index in [2.05, 4.69) is 12.7 Å². The van der Waals surface area contributed by atoms with Crippen molar-refractivity contribution in [2.45, 2.75) is 20.3 Å². The third-order valence-corrected chi connectivity index (χ3v) is 3.18. The van der Waals surface area contributed by atoms with Crippen molar-refractivity contribution in [1.29, 1.82) is 0 Å². The average molecular weight is 367 g/mol. The Balaban J connectivity index is 0.00000220. The van der Waals surface area contributed by atoms with Gasteiger partial charge in [-0.15, -0.1) is 11.6 Å². The van der Waals surface area contributed by atoms with Crippen LogP contribution in [0.1, 0.15) is 18.1 Å². The summed E-state index contributed by atoms with van der Waals surface area (Å²) in [5.41, 5.74) is 2.49. The minimum absolute atomic E-state index is 0. The number of halogens is 3. The van der Waals surface area contributed by atoms with E-state index in [-0.39, 0.29) is 38.3 Å². The van der Waals surface area contributed by atoms with Crippen molar-refractivity contribution >= 4 is 5.70 Å². The first-order valence-corrected chi connectivity index (χ1v) is 6.22. The molecule has 0 atom stereocenters. The van der Waals surface area contributed by atoms with Gasteiger partial charge in [0.15, 0.2) is 0 Å². The van der Waals surface area contributed by atoms with Crippen molar-refractivity contribution in [2.75, 3.05) is 6.54 Å². The van der Waals surface area contributed by atoms with E-state index >= 15 is 0 Å². The molecular weight excluding hydrogens is 352 g/mol. The summed E-state index contributed by atoms with van der Waals surface area (Å²) in [4.78, 5) is 1.31. The number of rotatable bonds is 3. The fourth-order valence-electron chi connectivity index (χ4n) is 2.06. The molecule has 0 aliphatic carbocycles. The fourth-order valence-corrected chi connectivity index (χ4v) is 2.06. The molecule has 0 spiro atoms. The summed E-state index contributed by atoms with van der Waals surface area (Å²) < 4.78 is 39.5. The van der Waals surface area contributed by atoms with Crippen LogP contribution in [0.25, 0.3) is 5.70 Å². The van der Waals surface area contributed by atoms with Crippen molar-refractivity contribution in [3.63, 3.8) is 0 Å². The Morgan fingerprint density at radius 1 is 1.29 bits per heavy atom. The minimum Gasteiger partial charge on any atom is -0.370 e. The van der Waals surface area contributed by atoms with E-state index in [1.54, 1.807) is 32.1 Å². The molecule has 0 saturated heterocycles. The maximum absolute atomic E-state index is 14.0. The van der Waals surface area contributed by atoms with Gasteiger partial charge in [-0.1, -0.05) is 36.4 Å². The summed E-state index contributed by atoms with van der Waals surface area (Å²) in [6.45, 7) is 6.80. The zero-order valence-electron chi connectivity index (χ0n) is 12.0. The standard InChI is InChI=1S/C16H15F3N.Y/c1-10-4-6-13(14(17)8-10)15-7-5-11(2)12(3)20(15)9-16(18)19;/h4-6,8,16H,3,9H2,1-2H3;/q-1;. The molecule has 1 aromatic rings. The second kappa shape index (κ2) is 7.41. The second-order valence-electron chi connectivity index (χ2n) is 4.75. The molecule has 1 aromatic carbocycles. The van der Waals surface area contributed by atoms with Gasteiger partial charge in [-0.3, -0.25) is 0 Å². The van der Waals surface area contributed by atoms with Gasteiger partial charge in [0, 0.05) is 32.7 Å². The van der Waals surface area contributed by atoms with Crippen LogP contribution in [0.4, 0.5) is 13.2 Å². The van der Waals surface area contributed by atoms with Crippen LogP contribution in [0.2, 0.25) is 0 Å². The summed E-state index contributed by atoms with van der Waals surface area (Å²) in [6.07, 6.45) is 1.98. The fraction of sp³-hybridized carbons (Fsp3) is 0.250. The Bertz CT molecular complexity index is 606. The maximum atomic E-state index is 14.0. The molecule has 2 rings (SSSR count). The number of allylic oxidation sites excluding steroid dienone is 3. The van der Waals surface area contributed by atoms with E-state index in [0.29, 0.717) is 11.4 Å². The number of nitrogens with zero attached hydrogens (tertiary/aromatic N) is 1. The number of alkyl halides is 2. The quantitative estimate of drug-likeness (QED) is 0.720. The Morgan fingerprint density at radius 3 is 2.52 bits per heavy atom. The van der Waals surface area contributed by atoms with Crippen molar-refractivity contribution in [1.82, 2.24) is 4.90 Å². The molecule has 5 heteroatoms. The molecule has 0 unspecified atom stereocenters. The molecule has 0 N–H and O–H groups in total. The predicted molar refractivity (Wildman–Crippen MR) is 73.4 cm³/mol. The van der Waals surface area contributed by atoms with Crippen LogP contribution in [0.15, 0.2) is 42.1 Å². The van der Waals surface area contributed by atoms with Crippen LogP contribution < -0.4 is 0 Å². The van der Waals surface area contributed by atoms with Gasteiger partial charge in [0.05, 0.1) is 12.4 Å². The minimum atomic E-state index is -2.54. The normalized spacial score (nSPS) is 14.8. The van der Waals surface area contributed by atoms with E-state index in [1.807, 2.05) is 0 Å². The van der Waals surface area contributed by atoms with Crippen LogP contribution >= 0.6 is 0 Å². The first kappa shape index (κ1) is 18.2. The summed E-state index contributed by atoms with van der Waals surface area (Å²) in [5.74, 6) is -0.451. The molecule has 21 heavy (non-hydrogen) atoms. The van der Waals surface area contributed by atoms with E-state index < -0.39 is 18.8 Å². The molecule has 109 valence electrons. The molecule has 1 aliphatic heterocycles. The summed E-state index contributed by atoms with van der Waals surface area (Å²) in [5, 5.41) is 0. The molecule has 1 aliphatic rings. The molecular formula is C16H15F3NY-. The largest absolute Gasteiger partial charge is 0.370 e. The van der Waals surface area contributed by atoms with Crippen LogP contribution in [-0.2, 0) is 32.7 Å². The zero-order valence-corrected chi connectivity index (χ0v) is 14.8. The predicted octanol–water partition coefficient (Wildman–Crippen LogP) is 4.32. The molecule has 0 bridgehead atoms. The molecule has 0 saturated carbocycles. The van der Waals surface area contributed by atoms with E-state index in [4.69, 9.17) is 0 Å². The second-order valence-corrected chi connectivity index (χ2v) is 4.75. The van der Waals surface area contributed by atoms with Gasteiger partial charge in [-0.2, -0.15) is 12.2 Å². The van der Waals surface area contributed by atoms with Crippen LogP contribution in [-0.4, -0.2) is 17.9 Å². The monoisotopic (exact) mass is 367 g/mol. The first-order chi connectivity index (χ1) is 9.40. The van der Waals surface area contributed by atoms with Gasteiger partial charge in [0.1, 0.15) is 0 Å². The third kappa shape index (κ3) is 4.07. The molecule has 0 fully saturated rings. The van der Waals surface area contributed by atoms with Gasteiger partial charge in [-0.05, 0) is 18.7 Å². The number of hydrogen-bond acceptors (Lipinski definition) is 1. The van der Waals surface area contributed by atoms with Gasteiger partial charge < -0.3 is 4.90 Å². The summed E-state index contributed by atoms with van der Waals surface area (Å²) in [6, 6.07) is 4.69. The van der Waals surface area contributed by atoms with Gasteiger partial charge in [0.2, 0.25) is 0 Å². The SMILES string of the molecule is C=C1C(C)=C[C-]=C(c2ccc(C)cc2F)N1CC(F)F.[Y]. The van der Waals surface area contributed by atoms with Crippen molar-refractivity contribution < 1.29 is 45.9 Å². The average Bonchev–Trinajstić information content (AvgIpc) is 2.36. The van der Waals surface area contributed by atoms with Crippen molar-refractivity contribution in [3.8, 4) is 0 Å². The molecule has 1 heterocycles. The summed E-state index contributed by atoms with van der Waals surface area (Å²) >= 11 is 0. The van der Waals surface area contributed by atoms with Gasteiger partial charge >= 0.3 is 0 Å². The van der Waals surface area contributed by atoms with Crippen LogP contribution in [0.3, 0.4) is 0 Å². The third-order valence-electron chi connectivity index (χ3n) is 3.18. The number of hydrogen-bond donors (Lipinski definition) is 0.